The number of aromatic nitrogens is 3. The fourth-order valence-corrected chi connectivity index (χ4v) is 12.4. The molecule has 1 aliphatic rings. The zero-order valence-electron chi connectivity index (χ0n) is 47.5. The number of nitrogens with zero attached hydrogens (tertiary/aromatic N) is 4. The second kappa shape index (κ2) is 20.5. The van der Waals surface area contributed by atoms with Gasteiger partial charge in [-0.05, 0) is 57.2 Å². The van der Waals surface area contributed by atoms with Crippen LogP contribution in [0.4, 0.5) is 11.5 Å². The predicted molar refractivity (Wildman–Crippen MR) is 330 cm³/mol. The smallest absolute Gasteiger partial charge is 0.0622 e. The second-order valence-electron chi connectivity index (χ2n) is 24.6. The van der Waals surface area contributed by atoms with Crippen molar-refractivity contribution in [2.45, 2.75) is 92.0 Å². The van der Waals surface area contributed by atoms with Crippen molar-refractivity contribution < 1.29 is 24.1 Å². The minimum Gasteiger partial charge on any atom is -0.0622 e. The van der Waals surface area contributed by atoms with Crippen molar-refractivity contribution in [2.75, 3.05) is 4.90 Å². The summed E-state index contributed by atoms with van der Waals surface area (Å²) < 4.78 is 12.9. The van der Waals surface area contributed by atoms with E-state index in [1.807, 2.05) is 6.20 Å². The molecule has 0 atom stereocenters. The number of fused-ring (bicyclic) bond motifs is 4. The average molecular weight is 1220 g/mol. The Morgan fingerprint density at radius 2 is 0.950 bits per heavy atom. The molecule has 9 aromatic carbocycles. The molecule has 11 aromatic rings. The Morgan fingerprint density at radius 3 is 1.52 bits per heavy atom. The van der Waals surface area contributed by atoms with E-state index in [2.05, 4.69) is 315 Å². The topological polar surface area (TPSA) is 35.2 Å². The molecule has 12 rings (SSSR count). The van der Waals surface area contributed by atoms with E-state index in [-0.39, 0.29) is 16.2 Å². The first-order valence-corrected chi connectivity index (χ1v) is 29.0. The van der Waals surface area contributed by atoms with Crippen molar-refractivity contribution >= 4 is 22.5 Å². The summed E-state index contributed by atoms with van der Waals surface area (Å²) in [5, 5.41) is 0. The van der Waals surface area contributed by atoms with E-state index < -0.39 is 0 Å². The van der Waals surface area contributed by atoms with E-state index in [4.69, 9.17) is 9.72 Å². The van der Waals surface area contributed by atoms with Gasteiger partial charge in [0.2, 0.25) is 0 Å². The summed E-state index contributed by atoms with van der Waals surface area (Å²) in [6.07, 6.45) is 2.03. The van der Waals surface area contributed by atoms with Crippen molar-refractivity contribution in [1.82, 2.24) is 14.1 Å². The summed E-state index contributed by atoms with van der Waals surface area (Å²) in [6, 6.07) is 77.3. The molecule has 1 aliphatic heterocycles. The third-order valence-corrected chi connectivity index (χ3v) is 16.8. The average Bonchev–Trinajstić information content (AvgIpc) is 3.98. The number of ether oxygens (including phenoxy) is 1. The Balaban J connectivity index is 0.966. The third-order valence-electron chi connectivity index (χ3n) is 15.8. The summed E-state index contributed by atoms with van der Waals surface area (Å²) in [4.78, 5) is 7.59. The van der Waals surface area contributed by atoms with E-state index >= 15 is 0 Å². The van der Waals surface area contributed by atoms with Crippen molar-refractivity contribution in [3.8, 4) is 78.5 Å². The number of para-hydroxylation sites is 2. The molecular weight excluding hydrogens is 1160 g/mol. The van der Waals surface area contributed by atoms with Gasteiger partial charge in [0.25, 0.3) is 0 Å². The van der Waals surface area contributed by atoms with Crippen LogP contribution in [0, 0.1) is 10.7 Å². The van der Waals surface area contributed by atoms with Gasteiger partial charge in [0.15, 0.2) is 0 Å². The normalized spacial score (nSPS) is 12.6. The van der Waals surface area contributed by atoms with Crippen molar-refractivity contribution in [1.29, 1.82) is 0 Å². The quantitative estimate of drug-likeness (QED) is 0.144. The molecule has 400 valence electrons. The Morgan fingerprint density at radius 1 is 0.425 bits per heavy atom. The fourth-order valence-electron chi connectivity index (χ4n) is 11.3. The van der Waals surface area contributed by atoms with Gasteiger partial charge in [-0.3, -0.25) is 0 Å². The van der Waals surface area contributed by atoms with Crippen molar-refractivity contribution in [2.24, 2.45) is 0 Å². The Bertz CT molecular complexity index is 4110. The number of aryl methyl sites for hydroxylation is 1. The van der Waals surface area contributed by atoms with E-state index in [1.54, 1.807) is 0 Å². The van der Waals surface area contributed by atoms with Crippen LogP contribution in [-0.2, 0) is 42.1 Å². The summed E-state index contributed by atoms with van der Waals surface area (Å²) in [6.45, 7) is 23.6. The number of pyridine rings is 1. The molecule has 0 bridgehead atoms. The molecular formula is C74H68N4OPt. The number of hydrogen-bond acceptors (Lipinski definition) is 3. The van der Waals surface area contributed by atoms with E-state index in [9.17, 15) is 0 Å². The standard InChI is InChI=1S/C74H68N4O.Pt/c1-49-37-70(75-46-66(49)52-27-18-13-19-28-52)76-47-55-38-53(54-39-56(72(2,3)4)41-57(40-54)73(5,6)7)33-35-62(55)63-36-34-61(45-69(63)76)79-60-30-22-29-59(44-60)77-48-78(68-32-21-20-31-67(68)77)71-64(50-23-14-11-15-24-50)42-58(74(8,9)10)43-65(71)51-25-16-12-17-26-51;/h11-46H,47H2,1-10H3;. The van der Waals surface area contributed by atoms with Gasteiger partial charge < -0.3 is 0 Å². The molecule has 0 radical (unpaired) electrons. The molecule has 6 heteroatoms. The molecule has 3 heterocycles. The molecule has 2 aromatic heterocycles. The maximum absolute atomic E-state index is 7.01. The Labute approximate surface area is 483 Å². The first-order chi connectivity index (χ1) is 38.4. The first-order valence-electron chi connectivity index (χ1n) is 27.9. The number of benzene rings is 9. The molecule has 0 amide bonds. The summed E-state index contributed by atoms with van der Waals surface area (Å²) in [7, 11) is 0. The summed E-state index contributed by atoms with van der Waals surface area (Å²) >= 11 is 2.54. The maximum atomic E-state index is 7.01. The minimum absolute atomic E-state index is 0.00809. The van der Waals surface area contributed by atoms with Gasteiger partial charge in [-0.1, -0.05) is 96.1 Å². The van der Waals surface area contributed by atoms with Crippen molar-refractivity contribution in [3.63, 3.8) is 0 Å². The Hall–Kier alpha value is -8.11. The van der Waals surface area contributed by atoms with Crippen LogP contribution in [0.2, 0.25) is 0 Å². The SMILES string of the molecule is Cc1cc(N2Cc3cc(-c4cc(C(C)(C)C)cc(C(C)(C)C)c4)ccc3-c3ccc(Oc4cccc(-n5[c](=[Pt])n(-c6c(-c7ccccc7)cc(C(C)(C)C)cc6-c6ccccc6)c6ccccc65)c4)cc32)ncc1-c1ccccc1. The number of imidazole rings is 1. The molecule has 0 saturated carbocycles. The van der Waals surface area contributed by atoms with Gasteiger partial charge in [0.05, 0.1) is 0 Å². The summed E-state index contributed by atoms with van der Waals surface area (Å²) in [5.41, 5.74) is 23.5. The second-order valence-corrected chi connectivity index (χ2v) is 25.6. The van der Waals surface area contributed by atoms with Gasteiger partial charge in [0, 0.05) is 11.8 Å². The van der Waals surface area contributed by atoms with Gasteiger partial charge in [-0.25, -0.2) is 0 Å². The van der Waals surface area contributed by atoms with Crippen LogP contribution in [0.15, 0.2) is 219 Å². The molecule has 0 aliphatic carbocycles. The number of hydrogen-bond donors (Lipinski definition) is 0. The van der Waals surface area contributed by atoms with E-state index in [0.717, 1.165) is 65.9 Å². The summed E-state index contributed by atoms with van der Waals surface area (Å²) in [5.74, 6) is 2.39. The van der Waals surface area contributed by atoms with Gasteiger partial charge in [-0.15, -0.1) is 0 Å². The third kappa shape index (κ3) is 10.0. The van der Waals surface area contributed by atoms with E-state index in [1.165, 1.54) is 66.8 Å². The van der Waals surface area contributed by atoms with Crippen molar-refractivity contribution in [3.05, 3.63) is 250 Å². The van der Waals surface area contributed by atoms with Crippen LogP contribution < -0.4 is 9.64 Å². The van der Waals surface area contributed by atoms with Crippen LogP contribution in [0.5, 0.6) is 11.5 Å². The number of rotatable bonds is 9. The molecule has 0 saturated heterocycles. The fraction of sp³-hybridized carbons (Fsp3) is 0.189. The zero-order chi connectivity index (χ0) is 55.7. The molecule has 0 spiro atoms. The van der Waals surface area contributed by atoms with Gasteiger partial charge in [-0.2, -0.15) is 0 Å². The van der Waals surface area contributed by atoms with Crippen LogP contribution in [-0.4, -0.2) is 14.1 Å². The minimum atomic E-state index is -0.0799. The predicted octanol–water partition coefficient (Wildman–Crippen LogP) is 19.9. The van der Waals surface area contributed by atoms with Crippen LogP contribution >= 0.6 is 0 Å². The van der Waals surface area contributed by atoms with Crippen LogP contribution in [0.25, 0.3) is 78.0 Å². The molecule has 5 nitrogen and oxygen atoms in total. The van der Waals surface area contributed by atoms with Gasteiger partial charge >= 0.3 is 321 Å². The number of anilines is 2. The molecule has 0 unspecified atom stereocenters. The van der Waals surface area contributed by atoms with E-state index in [0.29, 0.717) is 6.54 Å². The molecule has 0 fully saturated rings. The monoisotopic (exact) mass is 1220 g/mol. The van der Waals surface area contributed by atoms with Crippen LogP contribution in [0.3, 0.4) is 0 Å². The Kier molecular flexibility index (Phi) is 13.5. The first kappa shape index (κ1) is 52.6. The zero-order valence-corrected chi connectivity index (χ0v) is 49.8. The van der Waals surface area contributed by atoms with Crippen LogP contribution in [0.1, 0.15) is 90.1 Å². The molecule has 0 N–H and O–H groups in total. The van der Waals surface area contributed by atoms with Gasteiger partial charge in [0.1, 0.15) is 0 Å². The molecule has 80 heavy (non-hydrogen) atoms.